The van der Waals surface area contributed by atoms with E-state index in [-0.39, 0.29) is 0 Å². The van der Waals surface area contributed by atoms with Gasteiger partial charge in [0.25, 0.3) is 0 Å². The van der Waals surface area contributed by atoms with Crippen molar-refractivity contribution in [2.24, 2.45) is 0 Å². The summed E-state index contributed by atoms with van der Waals surface area (Å²) in [7, 11) is 0. The van der Waals surface area contributed by atoms with Gasteiger partial charge in [-0.1, -0.05) is 0 Å². The van der Waals surface area contributed by atoms with Crippen molar-refractivity contribution >= 4 is 5.97 Å². The van der Waals surface area contributed by atoms with Crippen LogP contribution in [0, 0.1) is 0 Å². The molecule has 0 aromatic heterocycles. The molecule has 14 heavy (non-hydrogen) atoms. The van der Waals surface area contributed by atoms with E-state index in [0.29, 0.717) is 6.08 Å². The molecule has 0 amide bonds. The van der Waals surface area contributed by atoms with Gasteiger partial charge in [0.15, 0.2) is 0 Å². The number of allylic oxidation sites excluding steroid dienone is 1. The van der Waals surface area contributed by atoms with E-state index in [2.05, 4.69) is 4.74 Å². The van der Waals surface area contributed by atoms with E-state index in [4.69, 9.17) is 0 Å². The first-order valence-corrected chi connectivity index (χ1v) is 4.01. The molecule has 0 saturated heterocycles. The van der Waals surface area contributed by atoms with Crippen molar-refractivity contribution in [3.8, 4) is 0 Å². The third-order valence-electron chi connectivity index (χ3n) is 1.19. The van der Waals surface area contributed by atoms with Crippen molar-refractivity contribution in [2.75, 3.05) is 0 Å². The molecule has 0 aromatic carbocycles. The van der Waals surface area contributed by atoms with Gasteiger partial charge in [-0.25, -0.2) is 4.79 Å². The predicted octanol–water partition coefficient (Wildman–Crippen LogP) is 2.84. The minimum Gasteiger partial charge on any atom is -0.457 e. The Morgan fingerprint density at radius 3 is 1.93 bits per heavy atom. The van der Waals surface area contributed by atoms with Gasteiger partial charge in [-0.2, -0.15) is 13.2 Å². The molecule has 0 heterocycles. The molecule has 0 unspecified atom stereocenters. The van der Waals surface area contributed by atoms with Gasteiger partial charge in [-0.15, -0.1) is 0 Å². The largest absolute Gasteiger partial charge is 0.457 e. The second kappa shape index (κ2) is 4.02. The Balaban J connectivity index is 4.46. The molecule has 0 bridgehead atoms. The highest BCUT2D eigenvalue weighted by atomic mass is 19.4. The molecule has 0 spiro atoms. The van der Waals surface area contributed by atoms with E-state index in [1.54, 1.807) is 20.8 Å². The quantitative estimate of drug-likeness (QED) is 0.491. The number of hydrogen-bond acceptors (Lipinski definition) is 2. The monoisotopic (exact) mass is 210 g/mol. The number of hydrogen-bond donors (Lipinski definition) is 0. The Morgan fingerprint density at radius 1 is 1.21 bits per heavy atom. The Kier molecular flexibility index (Phi) is 3.73. The maximum atomic E-state index is 12.0. The average Bonchev–Trinajstić information content (AvgIpc) is 1.79. The number of halogens is 3. The molecule has 2 nitrogen and oxygen atoms in total. The fourth-order valence-electron chi connectivity index (χ4n) is 0.590. The number of carbonyl (C=O) groups is 1. The van der Waals surface area contributed by atoms with Crippen molar-refractivity contribution in [3.63, 3.8) is 0 Å². The molecular weight excluding hydrogens is 197 g/mol. The van der Waals surface area contributed by atoms with Gasteiger partial charge in [-0.3, -0.25) is 0 Å². The first-order chi connectivity index (χ1) is 6.02. The van der Waals surface area contributed by atoms with Gasteiger partial charge in [0.05, 0.1) is 0 Å². The number of rotatable bonds is 1. The van der Waals surface area contributed by atoms with E-state index in [1.807, 2.05) is 0 Å². The normalized spacial score (nSPS) is 14.1. The molecule has 5 heteroatoms. The number of alkyl halides is 3. The van der Waals surface area contributed by atoms with E-state index in [1.165, 1.54) is 0 Å². The number of carbonyl (C=O) groups excluding carboxylic acids is 1. The Labute approximate surface area is 80.7 Å². The lowest BCUT2D eigenvalue weighted by Gasteiger charge is -2.18. The fraction of sp³-hybridized carbons (Fsp3) is 0.667. The average molecular weight is 210 g/mol. The van der Waals surface area contributed by atoms with Crippen LogP contribution in [0.3, 0.4) is 0 Å². The second-order valence-corrected chi connectivity index (χ2v) is 3.86. The highest BCUT2D eigenvalue weighted by Crippen LogP contribution is 2.24. The second-order valence-electron chi connectivity index (χ2n) is 3.86. The topological polar surface area (TPSA) is 26.3 Å². The Morgan fingerprint density at radius 2 is 1.64 bits per heavy atom. The van der Waals surface area contributed by atoms with Crippen LogP contribution >= 0.6 is 0 Å². The highest BCUT2D eigenvalue weighted by molar-refractivity contribution is 5.83. The molecule has 0 saturated carbocycles. The standard InChI is InChI=1S/C9H13F3O2/c1-6(9(10,11)12)5-7(13)14-8(2,3)4/h5H,1-4H3. The fourth-order valence-corrected chi connectivity index (χ4v) is 0.590. The van der Waals surface area contributed by atoms with Crippen LogP contribution in [0.5, 0.6) is 0 Å². The Bertz CT molecular complexity index is 246. The van der Waals surface area contributed by atoms with Crippen LogP contribution in [0.4, 0.5) is 13.2 Å². The molecule has 0 aromatic rings. The van der Waals surface area contributed by atoms with Crippen molar-refractivity contribution < 1.29 is 22.7 Å². The van der Waals surface area contributed by atoms with Crippen molar-refractivity contribution in [2.45, 2.75) is 39.5 Å². The molecule has 0 rings (SSSR count). The predicted molar refractivity (Wildman–Crippen MR) is 45.7 cm³/mol. The van der Waals surface area contributed by atoms with Crippen LogP contribution in [-0.2, 0) is 9.53 Å². The van der Waals surface area contributed by atoms with Crippen LogP contribution < -0.4 is 0 Å². The molecule has 0 radical (unpaired) electrons. The van der Waals surface area contributed by atoms with Gasteiger partial charge >= 0.3 is 12.1 Å². The highest BCUT2D eigenvalue weighted by Gasteiger charge is 2.31. The SMILES string of the molecule is CC(=CC(=O)OC(C)(C)C)C(F)(F)F. The summed E-state index contributed by atoms with van der Waals surface area (Å²) in [4.78, 5) is 10.9. The molecule has 0 N–H and O–H groups in total. The molecule has 82 valence electrons. The summed E-state index contributed by atoms with van der Waals surface area (Å²) in [5, 5.41) is 0. The van der Waals surface area contributed by atoms with Crippen LogP contribution in [-0.4, -0.2) is 17.7 Å². The van der Waals surface area contributed by atoms with Crippen LogP contribution in [0.1, 0.15) is 27.7 Å². The van der Waals surface area contributed by atoms with Crippen molar-refractivity contribution in [3.05, 3.63) is 11.6 Å². The van der Waals surface area contributed by atoms with Crippen molar-refractivity contribution in [1.29, 1.82) is 0 Å². The summed E-state index contributed by atoms with van der Waals surface area (Å²) in [6.45, 7) is 5.58. The maximum absolute atomic E-state index is 12.0. The van der Waals surface area contributed by atoms with Crippen LogP contribution in [0.2, 0.25) is 0 Å². The van der Waals surface area contributed by atoms with Gasteiger partial charge in [0, 0.05) is 11.6 Å². The summed E-state index contributed by atoms with van der Waals surface area (Å²) in [5.74, 6) is -0.979. The van der Waals surface area contributed by atoms with Gasteiger partial charge in [0.1, 0.15) is 5.60 Å². The molecule has 0 atom stereocenters. The van der Waals surface area contributed by atoms with Crippen LogP contribution in [0.15, 0.2) is 11.6 Å². The zero-order valence-corrected chi connectivity index (χ0v) is 8.53. The lowest BCUT2D eigenvalue weighted by molar-refractivity contribution is -0.149. The first-order valence-electron chi connectivity index (χ1n) is 4.01. The lowest BCUT2D eigenvalue weighted by atomic mass is 10.2. The summed E-state index contributed by atoms with van der Waals surface area (Å²) in [6, 6.07) is 0. The zero-order valence-electron chi connectivity index (χ0n) is 8.53. The summed E-state index contributed by atoms with van der Waals surface area (Å²) >= 11 is 0. The molecule has 0 aliphatic heterocycles. The molecular formula is C9H13F3O2. The summed E-state index contributed by atoms with van der Waals surface area (Å²) in [5.41, 5.74) is -1.74. The third kappa shape index (κ3) is 5.61. The zero-order chi connectivity index (χ0) is 11.6. The molecule has 0 fully saturated rings. The Hall–Kier alpha value is -1.00. The van der Waals surface area contributed by atoms with Gasteiger partial charge < -0.3 is 4.74 Å². The van der Waals surface area contributed by atoms with Crippen LogP contribution in [0.25, 0.3) is 0 Å². The number of esters is 1. The van der Waals surface area contributed by atoms with Gasteiger partial charge in [-0.05, 0) is 27.7 Å². The third-order valence-corrected chi connectivity index (χ3v) is 1.19. The van der Waals surface area contributed by atoms with E-state index >= 15 is 0 Å². The summed E-state index contributed by atoms with van der Waals surface area (Å²) < 4.78 is 40.6. The maximum Gasteiger partial charge on any atom is 0.412 e. The summed E-state index contributed by atoms with van der Waals surface area (Å²) in [6.07, 6.45) is -4.03. The van der Waals surface area contributed by atoms with E-state index in [0.717, 1.165) is 6.92 Å². The van der Waals surface area contributed by atoms with E-state index < -0.39 is 23.3 Å². The smallest absolute Gasteiger partial charge is 0.412 e. The first kappa shape index (κ1) is 13.0. The van der Waals surface area contributed by atoms with Gasteiger partial charge in [0.2, 0.25) is 0 Å². The van der Waals surface area contributed by atoms with E-state index in [9.17, 15) is 18.0 Å². The lowest BCUT2D eigenvalue weighted by Crippen LogP contribution is -2.23. The molecule has 0 aliphatic rings. The minimum atomic E-state index is -4.48. The molecule has 0 aliphatic carbocycles. The minimum absolute atomic E-state index is 0.450. The van der Waals surface area contributed by atoms with Crippen molar-refractivity contribution in [1.82, 2.24) is 0 Å². The number of ether oxygens (including phenoxy) is 1.